The molecular weight excluding hydrogens is 291 g/mol. The second-order valence-electron chi connectivity index (χ2n) is 5.52. The maximum Gasteiger partial charge on any atom is 0.243 e. The topological polar surface area (TPSA) is 40.6 Å². The molecule has 0 bridgehead atoms. The molecule has 0 aliphatic heterocycles. The van der Waals surface area contributed by atoms with Crippen LogP contribution >= 0.6 is 0 Å². The Morgan fingerprint density at radius 3 is 2.05 bits per heavy atom. The molecule has 0 aliphatic rings. The summed E-state index contributed by atoms with van der Waals surface area (Å²) < 4.78 is 40.4. The van der Waals surface area contributed by atoms with E-state index in [1.165, 1.54) is 16.4 Å². The van der Waals surface area contributed by atoms with E-state index in [-0.39, 0.29) is 4.90 Å². The lowest BCUT2D eigenvalue weighted by molar-refractivity contribution is 0.356. The molecule has 4 nitrogen and oxygen atoms in total. The summed E-state index contributed by atoms with van der Waals surface area (Å²) in [5.74, 6) is -0.403. The van der Waals surface area contributed by atoms with Crippen molar-refractivity contribution in [3.8, 4) is 0 Å². The standard InChI is InChI=1S/C15H25FN2O2S/c1-6-18(9-7-8-17(4)5)21(19,20)15-12(2)10-14(16)11-13(15)3/h10-11H,6-9H2,1-5H3. The zero-order chi connectivity index (χ0) is 16.2. The third kappa shape index (κ3) is 4.49. The van der Waals surface area contributed by atoms with E-state index in [2.05, 4.69) is 0 Å². The molecule has 1 aromatic rings. The molecular formula is C15H25FN2O2S. The highest BCUT2D eigenvalue weighted by molar-refractivity contribution is 7.89. The molecule has 6 heteroatoms. The Kier molecular flexibility index (Phi) is 6.31. The second kappa shape index (κ2) is 7.33. The first-order chi connectivity index (χ1) is 9.70. The second-order valence-corrected chi connectivity index (χ2v) is 7.40. The number of nitrogens with zero attached hydrogens (tertiary/aromatic N) is 2. The van der Waals surface area contributed by atoms with E-state index >= 15 is 0 Å². The molecule has 0 saturated heterocycles. The van der Waals surface area contributed by atoms with Gasteiger partial charge in [0.1, 0.15) is 5.82 Å². The van der Waals surface area contributed by atoms with Gasteiger partial charge < -0.3 is 4.90 Å². The van der Waals surface area contributed by atoms with Gasteiger partial charge in [-0.2, -0.15) is 4.31 Å². The summed E-state index contributed by atoms with van der Waals surface area (Å²) in [5, 5.41) is 0. The molecule has 0 amide bonds. The van der Waals surface area contributed by atoms with Crippen molar-refractivity contribution in [1.82, 2.24) is 9.21 Å². The lowest BCUT2D eigenvalue weighted by atomic mass is 10.1. The monoisotopic (exact) mass is 316 g/mol. The third-order valence-electron chi connectivity index (χ3n) is 3.39. The van der Waals surface area contributed by atoms with Gasteiger partial charge in [0.15, 0.2) is 0 Å². The van der Waals surface area contributed by atoms with Crippen molar-refractivity contribution < 1.29 is 12.8 Å². The van der Waals surface area contributed by atoms with Crippen LogP contribution in [0.15, 0.2) is 17.0 Å². The zero-order valence-corrected chi connectivity index (χ0v) is 14.3. The summed E-state index contributed by atoms with van der Waals surface area (Å²) in [4.78, 5) is 2.25. The number of aryl methyl sites for hydroxylation is 2. The first-order valence-corrected chi connectivity index (χ1v) is 8.55. The Morgan fingerprint density at radius 1 is 1.10 bits per heavy atom. The highest BCUT2D eigenvalue weighted by Gasteiger charge is 2.26. The van der Waals surface area contributed by atoms with Crippen LogP contribution in [-0.4, -0.2) is 51.4 Å². The zero-order valence-electron chi connectivity index (χ0n) is 13.5. The van der Waals surface area contributed by atoms with Crippen LogP contribution in [0, 0.1) is 19.7 Å². The largest absolute Gasteiger partial charge is 0.309 e. The van der Waals surface area contributed by atoms with Crippen LogP contribution in [0.25, 0.3) is 0 Å². The van der Waals surface area contributed by atoms with Gasteiger partial charge in [-0.3, -0.25) is 0 Å². The minimum atomic E-state index is -3.58. The van der Waals surface area contributed by atoms with Gasteiger partial charge in [0, 0.05) is 13.1 Å². The fraction of sp³-hybridized carbons (Fsp3) is 0.600. The van der Waals surface area contributed by atoms with Crippen molar-refractivity contribution in [2.24, 2.45) is 0 Å². The van der Waals surface area contributed by atoms with E-state index in [1.807, 2.05) is 25.9 Å². The normalized spacial score (nSPS) is 12.4. The predicted octanol–water partition coefficient (Wildman–Crippen LogP) is 2.40. The van der Waals surface area contributed by atoms with E-state index in [0.717, 1.165) is 13.0 Å². The van der Waals surface area contributed by atoms with Gasteiger partial charge in [0.2, 0.25) is 10.0 Å². The van der Waals surface area contributed by atoms with Crippen LogP contribution in [0.5, 0.6) is 0 Å². The van der Waals surface area contributed by atoms with Crippen LogP contribution in [0.4, 0.5) is 4.39 Å². The molecule has 1 rings (SSSR count). The van der Waals surface area contributed by atoms with Gasteiger partial charge in [-0.1, -0.05) is 6.92 Å². The molecule has 0 N–H and O–H groups in total. The van der Waals surface area contributed by atoms with E-state index in [1.54, 1.807) is 13.8 Å². The molecule has 0 aromatic heterocycles. The molecule has 0 spiro atoms. The molecule has 21 heavy (non-hydrogen) atoms. The molecule has 0 fully saturated rings. The number of rotatable bonds is 7. The first kappa shape index (κ1) is 18.1. The summed E-state index contributed by atoms with van der Waals surface area (Å²) in [7, 11) is 0.336. The van der Waals surface area contributed by atoms with Crippen LogP contribution in [0.1, 0.15) is 24.5 Å². The van der Waals surface area contributed by atoms with Crippen molar-refractivity contribution in [3.63, 3.8) is 0 Å². The Morgan fingerprint density at radius 2 is 1.62 bits per heavy atom. The van der Waals surface area contributed by atoms with E-state index in [4.69, 9.17) is 0 Å². The van der Waals surface area contributed by atoms with Gasteiger partial charge in [-0.25, -0.2) is 12.8 Å². The van der Waals surface area contributed by atoms with Crippen LogP contribution in [0.3, 0.4) is 0 Å². The van der Waals surface area contributed by atoms with E-state index in [0.29, 0.717) is 24.2 Å². The minimum absolute atomic E-state index is 0.232. The quantitative estimate of drug-likeness (QED) is 0.775. The van der Waals surface area contributed by atoms with Gasteiger partial charge in [-0.05, 0) is 64.2 Å². The highest BCUT2D eigenvalue weighted by atomic mass is 32.2. The van der Waals surface area contributed by atoms with Crippen molar-refractivity contribution in [1.29, 1.82) is 0 Å². The maximum absolute atomic E-state index is 13.4. The molecule has 120 valence electrons. The van der Waals surface area contributed by atoms with E-state index < -0.39 is 15.8 Å². The van der Waals surface area contributed by atoms with Crippen LogP contribution in [0.2, 0.25) is 0 Å². The van der Waals surface area contributed by atoms with Gasteiger partial charge in [-0.15, -0.1) is 0 Å². The Balaban J connectivity index is 3.08. The lowest BCUT2D eigenvalue weighted by Gasteiger charge is -2.23. The summed E-state index contributed by atoms with van der Waals surface area (Å²) in [5.41, 5.74) is 0.914. The first-order valence-electron chi connectivity index (χ1n) is 7.11. The fourth-order valence-corrected chi connectivity index (χ4v) is 4.34. The predicted molar refractivity (Wildman–Crippen MR) is 83.5 cm³/mol. The van der Waals surface area contributed by atoms with Crippen molar-refractivity contribution in [2.75, 3.05) is 33.7 Å². The molecule has 0 heterocycles. The molecule has 0 unspecified atom stereocenters. The van der Waals surface area contributed by atoms with Crippen molar-refractivity contribution in [3.05, 3.63) is 29.1 Å². The van der Waals surface area contributed by atoms with Crippen molar-refractivity contribution >= 4 is 10.0 Å². The van der Waals surface area contributed by atoms with Gasteiger partial charge in [0.25, 0.3) is 0 Å². The summed E-state index contributed by atoms with van der Waals surface area (Å²) in [6, 6.07) is 2.54. The highest BCUT2D eigenvalue weighted by Crippen LogP contribution is 2.25. The van der Waals surface area contributed by atoms with Crippen LogP contribution in [-0.2, 0) is 10.0 Å². The smallest absolute Gasteiger partial charge is 0.243 e. The summed E-state index contributed by atoms with van der Waals surface area (Å²) in [6.07, 6.45) is 0.763. The molecule has 0 aliphatic carbocycles. The molecule has 1 aromatic carbocycles. The molecule has 0 radical (unpaired) electrons. The Hall–Kier alpha value is -0.980. The fourth-order valence-electron chi connectivity index (χ4n) is 2.44. The molecule has 0 atom stereocenters. The SMILES string of the molecule is CCN(CCCN(C)C)S(=O)(=O)c1c(C)cc(F)cc1C. The summed E-state index contributed by atoms with van der Waals surface area (Å²) >= 11 is 0. The van der Waals surface area contributed by atoms with Crippen molar-refractivity contribution in [2.45, 2.75) is 32.1 Å². The number of benzene rings is 1. The average Bonchev–Trinajstić information content (AvgIpc) is 2.32. The number of halogens is 1. The number of hydrogen-bond donors (Lipinski definition) is 0. The van der Waals surface area contributed by atoms with Crippen LogP contribution < -0.4 is 0 Å². The number of hydrogen-bond acceptors (Lipinski definition) is 3. The Labute approximate surface area is 127 Å². The lowest BCUT2D eigenvalue weighted by Crippen LogP contribution is -2.34. The average molecular weight is 316 g/mol. The van der Waals surface area contributed by atoms with E-state index in [9.17, 15) is 12.8 Å². The minimum Gasteiger partial charge on any atom is -0.309 e. The molecule has 0 saturated carbocycles. The van der Waals surface area contributed by atoms with Gasteiger partial charge >= 0.3 is 0 Å². The number of sulfonamides is 1. The summed E-state index contributed by atoms with van der Waals surface area (Å²) in [6.45, 7) is 6.79. The van der Waals surface area contributed by atoms with Gasteiger partial charge in [0.05, 0.1) is 4.90 Å². The third-order valence-corrected chi connectivity index (χ3v) is 5.67. The Bertz CT molecular complexity index is 562. The maximum atomic E-state index is 13.4.